The Morgan fingerprint density at radius 2 is 2.24 bits per heavy atom. The lowest BCUT2D eigenvalue weighted by Crippen LogP contribution is -2.21. The lowest BCUT2D eigenvalue weighted by atomic mass is 9.97. The van der Waals surface area contributed by atoms with Gasteiger partial charge in [-0.25, -0.2) is 0 Å². The molecule has 1 aliphatic heterocycles. The maximum atomic E-state index is 10.5. The average molecular weight is 287 g/mol. The van der Waals surface area contributed by atoms with E-state index in [0.717, 1.165) is 61.4 Å². The van der Waals surface area contributed by atoms with Crippen molar-refractivity contribution >= 4 is 11.8 Å². The van der Waals surface area contributed by atoms with E-state index < -0.39 is 6.10 Å². The third kappa shape index (κ3) is 3.32. The van der Waals surface area contributed by atoms with Crippen molar-refractivity contribution in [3.63, 3.8) is 0 Å². The van der Waals surface area contributed by atoms with E-state index in [0.29, 0.717) is 6.42 Å². The molecule has 0 spiro atoms. The van der Waals surface area contributed by atoms with Gasteiger partial charge in [-0.15, -0.1) is 6.58 Å². The van der Waals surface area contributed by atoms with Gasteiger partial charge in [-0.1, -0.05) is 26.0 Å². The molecule has 0 amide bonds. The second kappa shape index (κ2) is 7.36. The molecule has 2 heterocycles. The van der Waals surface area contributed by atoms with Gasteiger partial charge in [0, 0.05) is 5.56 Å². The van der Waals surface area contributed by atoms with Crippen LogP contribution in [0.3, 0.4) is 0 Å². The SMILES string of the molecule is C=CCCC(O)c1c(C=C)nn2c1C(CCCC)=NCC2. The number of fused-ring (bicyclic) bond motifs is 1. The highest BCUT2D eigenvalue weighted by atomic mass is 16.3. The van der Waals surface area contributed by atoms with Crippen molar-refractivity contribution in [1.82, 2.24) is 9.78 Å². The van der Waals surface area contributed by atoms with Gasteiger partial charge < -0.3 is 5.11 Å². The van der Waals surface area contributed by atoms with Crippen molar-refractivity contribution in [3.05, 3.63) is 36.2 Å². The molecule has 21 heavy (non-hydrogen) atoms. The number of unbranched alkanes of at least 4 members (excludes halogenated alkanes) is 1. The van der Waals surface area contributed by atoms with Crippen molar-refractivity contribution < 1.29 is 5.11 Å². The molecule has 0 saturated heterocycles. The van der Waals surface area contributed by atoms with Crippen molar-refractivity contribution in [2.24, 2.45) is 4.99 Å². The van der Waals surface area contributed by atoms with Crippen LogP contribution >= 0.6 is 0 Å². The van der Waals surface area contributed by atoms with Crippen molar-refractivity contribution in [3.8, 4) is 0 Å². The summed E-state index contributed by atoms with van der Waals surface area (Å²) < 4.78 is 1.99. The number of hydrogen-bond donors (Lipinski definition) is 1. The zero-order valence-corrected chi connectivity index (χ0v) is 12.9. The number of aliphatic imine (C=N–C) groups is 1. The molecule has 1 aromatic rings. The van der Waals surface area contributed by atoms with Gasteiger partial charge in [-0.2, -0.15) is 5.10 Å². The largest absolute Gasteiger partial charge is 0.388 e. The normalized spacial score (nSPS) is 15.2. The van der Waals surface area contributed by atoms with Gasteiger partial charge in [0.25, 0.3) is 0 Å². The molecule has 1 unspecified atom stereocenters. The Morgan fingerprint density at radius 3 is 2.90 bits per heavy atom. The van der Waals surface area contributed by atoms with Crippen LogP contribution in [-0.4, -0.2) is 27.1 Å². The summed E-state index contributed by atoms with van der Waals surface area (Å²) in [5.41, 5.74) is 3.77. The molecule has 4 heteroatoms. The third-order valence-electron chi connectivity index (χ3n) is 3.84. The summed E-state index contributed by atoms with van der Waals surface area (Å²) in [6.45, 7) is 11.3. The first-order chi connectivity index (χ1) is 10.2. The van der Waals surface area contributed by atoms with Crippen LogP contribution in [0.5, 0.6) is 0 Å². The molecule has 4 nitrogen and oxygen atoms in total. The summed E-state index contributed by atoms with van der Waals surface area (Å²) in [5, 5.41) is 15.1. The maximum Gasteiger partial charge on any atom is 0.0910 e. The van der Waals surface area contributed by atoms with Gasteiger partial charge in [0.15, 0.2) is 0 Å². The van der Waals surface area contributed by atoms with Gasteiger partial charge in [0.1, 0.15) is 0 Å². The van der Waals surface area contributed by atoms with Crippen molar-refractivity contribution in [2.45, 2.75) is 51.7 Å². The molecule has 1 aromatic heterocycles. The predicted molar refractivity (Wildman–Crippen MR) is 87.6 cm³/mol. The van der Waals surface area contributed by atoms with Crippen molar-refractivity contribution in [1.29, 1.82) is 0 Å². The van der Waals surface area contributed by atoms with Gasteiger partial charge in [0.05, 0.1) is 36.3 Å². The van der Waals surface area contributed by atoms with E-state index in [-0.39, 0.29) is 0 Å². The highest BCUT2D eigenvalue weighted by molar-refractivity contribution is 6.01. The Labute approximate surface area is 126 Å². The molecule has 0 aliphatic carbocycles. The fourth-order valence-corrected chi connectivity index (χ4v) is 2.76. The fraction of sp³-hybridized carbons (Fsp3) is 0.529. The minimum absolute atomic E-state index is 0.537. The highest BCUT2D eigenvalue weighted by Gasteiger charge is 2.26. The first-order valence-electron chi connectivity index (χ1n) is 7.78. The zero-order chi connectivity index (χ0) is 15.2. The van der Waals surface area contributed by atoms with Gasteiger partial charge in [0.2, 0.25) is 0 Å². The summed E-state index contributed by atoms with van der Waals surface area (Å²) in [6, 6.07) is 0. The van der Waals surface area contributed by atoms with Gasteiger partial charge in [-0.05, 0) is 31.8 Å². The molecule has 0 fully saturated rings. The first-order valence-corrected chi connectivity index (χ1v) is 7.78. The second-order valence-corrected chi connectivity index (χ2v) is 5.39. The number of aliphatic hydroxyl groups is 1. The Hall–Kier alpha value is -1.68. The molecule has 0 aromatic carbocycles. The van der Waals surface area contributed by atoms with E-state index in [2.05, 4.69) is 30.2 Å². The van der Waals surface area contributed by atoms with E-state index in [1.807, 2.05) is 10.8 Å². The average Bonchev–Trinajstić information content (AvgIpc) is 2.89. The van der Waals surface area contributed by atoms with Crippen LogP contribution in [0, 0.1) is 0 Å². The number of allylic oxidation sites excluding steroid dienone is 1. The number of aromatic nitrogens is 2. The van der Waals surface area contributed by atoms with Gasteiger partial charge in [-0.3, -0.25) is 9.67 Å². The molecular formula is C17H25N3O. The molecule has 1 atom stereocenters. The van der Waals surface area contributed by atoms with Crippen molar-refractivity contribution in [2.75, 3.05) is 6.54 Å². The first kappa shape index (κ1) is 15.7. The number of aliphatic hydroxyl groups excluding tert-OH is 1. The maximum absolute atomic E-state index is 10.5. The Morgan fingerprint density at radius 1 is 1.43 bits per heavy atom. The van der Waals surface area contributed by atoms with E-state index >= 15 is 0 Å². The molecule has 1 aliphatic rings. The zero-order valence-electron chi connectivity index (χ0n) is 12.9. The second-order valence-electron chi connectivity index (χ2n) is 5.39. The summed E-state index contributed by atoms with van der Waals surface area (Å²) in [4.78, 5) is 4.67. The van der Waals surface area contributed by atoms with E-state index in [4.69, 9.17) is 0 Å². The number of hydrogen-bond acceptors (Lipinski definition) is 3. The summed E-state index contributed by atoms with van der Waals surface area (Å²) in [7, 11) is 0. The van der Waals surface area contributed by atoms with Crippen LogP contribution in [0.2, 0.25) is 0 Å². The van der Waals surface area contributed by atoms with Crippen LogP contribution in [0.4, 0.5) is 0 Å². The van der Waals surface area contributed by atoms with E-state index in [9.17, 15) is 5.11 Å². The number of rotatable bonds is 8. The Kier molecular flexibility index (Phi) is 5.51. The Balaban J connectivity index is 2.39. The molecule has 114 valence electrons. The highest BCUT2D eigenvalue weighted by Crippen LogP contribution is 2.30. The van der Waals surface area contributed by atoms with Crippen LogP contribution in [0.15, 0.2) is 24.2 Å². The van der Waals surface area contributed by atoms with Gasteiger partial charge >= 0.3 is 0 Å². The lowest BCUT2D eigenvalue weighted by Gasteiger charge is -2.18. The van der Waals surface area contributed by atoms with Crippen LogP contribution in [-0.2, 0) is 6.54 Å². The monoisotopic (exact) mass is 287 g/mol. The molecule has 0 radical (unpaired) electrons. The minimum atomic E-state index is -0.537. The molecule has 2 rings (SSSR count). The predicted octanol–water partition coefficient (Wildman–Crippen LogP) is 3.52. The lowest BCUT2D eigenvalue weighted by molar-refractivity contribution is 0.168. The molecule has 0 saturated carbocycles. The molecule has 1 N–H and O–H groups in total. The standard InChI is InChI=1S/C17H25N3O/c1-4-7-9-14-17-16(15(21)10-8-5-2)13(6-3)19-20(17)12-11-18-14/h5-6,15,21H,2-4,7-12H2,1H3. The van der Waals surface area contributed by atoms with E-state index in [1.54, 1.807) is 6.08 Å². The minimum Gasteiger partial charge on any atom is -0.388 e. The molecular weight excluding hydrogens is 262 g/mol. The summed E-state index contributed by atoms with van der Waals surface area (Å²) >= 11 is 0. The van der Waals surface area contributed by atoms with Crippen LogP contribution in [0.25, 0.3) is 6.08 Å². The summed E-state index contributed by atoms with van der Waals surface area (Å²) in [6.07, 6.45) is 7.65. The smallest absolute Gasteiger partial charge is 0.0910 e. The molecule has 0 bridgehead atoms. The van der Waals surface area contributed by atoms with E-state index in [1.165, 1.54) is 0 Å². The topological polar surface area (TPSA) is 50.4 Å². The number of nitrogens with zero attached hydrogens (tertiary/aromatic N) is 3. The Bertz CT molecular complexity index is 542. The van der Waals surface area contributed by atoms with Crippen LogP contribution < -0.4 is 0 Å². The summed E-state index contributed by atoms with van der Waals surface area (Å²) in [5.74, 6) is 0. The van der Waals surface area contributed by atoms with Crippen LogP contribution in [0.1, 0.15) is 62.1 Å². The fourth-order valence-electron chi connectivity index (χ4n) is 2.76. The third-order valence-corrected chi connectivity index (χ3v) is 3.84. The quantitative estimate of drug-likeness (QED) is 0.744.